The monoisotopic (exact) mass is 379 g/mol. The lowest BCUT2D eigenvalue weighted by atomic mass is 10.2. The molecule has 10 heteroatoms. The minimum absolute atomic E-state index is 0.0935. The van der Waals surface area contributed by atoms with Gasteiger partial charge in [0.05, 0.1) is 11.4 Å². The Morgan fingerprint density at radius 2 is 1.96 bits per heavy atom. The fourth-order valence-electron chi connectivity index (χ4n) is 2.33. The van der Waals surface area contributed by atoms with Crippen LogP contribution in [0.3, 0.4) is 0 Å². The lowest BCUT2D eigenvalue weighted by molar-refractivity contribution is 0.598. The van der Waals surface area contributed by atoms with Gasteiger partial charge in [-0.1, -0.05) is 19.1 Å². The maximum absolute atomic E-state index is 11.3. The van der Waals surface area contributed by atoms with E-state index in [1.54, 1.807) is 18.5 Å². The summed E-state index contributed by atoms with van der Waals surface area (Å²) < 4.78 is 24.6. The van der Waals surface area contributed by atoms with Crippen molar-refractivity contribution in [3.63, 3.8) is 0 Å². The maximum atomic E-state index is 11.3. The number of hydrogen-bond donors (Lipinski definition) is 3. The Morgan fingerprint density at radius 3 is 2.58 bits per heavy atom. The molecule has 1 aromatic carbocycles. The highest BCUT2D eigenvalue weighted by Gasteiger charge is 2.07. The van der Waals surface area contributed by atoms with Gasteiger partial charge >= 0.3 is 0 Å². The van der Waals surface area contributed by atoms with Crippen LogP contribution < -0.4 is 15.8 Å². The summed E-state index contributed by atoms with van der Waals surface area (Å²) in [5.74, 6) is 1.64. The number of aromatic nitrogens is 3. The van der Waals surface area contributed by atoms with Gasteiger partial charge in [-0.05, 0) is 24.6 Å². The third-order valence-electron chi connectivity index (χ3n) is 3.67. The van der Waals surface area contributed by atoms with E-state index < -0.39 is 10.0 Å². The van der Waals surface area contributed by atoms with Crippen molar-refractivity contribution in [3.05, 3.63) is 42.0 Å². The highest BCUT2D eigenvalue weighted by atomic mass is 32.2. The molecule has 0 amide bonds. The minimum Gasteiger partial charge on any atom is -0.357 e. The number of nitrogens with one attached hydrogen (secondary N) is 2. The van der Waals surface area contributed by atoms with Gasteiger partial charge in [-0.25, -0.2) is 18.5 Å². The highest BCUT2D eigenvalue weighted by Crippen LogP contribution is 2.09. The fraction of sp³-hybridized carbons (Fsp3) is 0.438. The summed E-state index contributed by atoms with van der Waals surface area (Å²) in [6, 6.07) is 6.38. The van der Waals surface area contributed by atoms with E-state index in [1.165, 1.54) is 12.1 Å². The average molecular weight is 379 g/mol. The first-order chi connectivity index (χ1) is 12.4. The van der Waals surface area contributed by atoms with Crippen LogP contribution in [0.4, 0.5) is 0 Å². The number of sulfonamides is 1. The number of benzene rings is 1. The zero-order chi connectivity index (χ0) is 19.0. The van der Waals surface area contributed by atoms with E-state index in [9.17, 15) is 8.42 Å². The van der Waals surface area contributed by atoms with E-state index in [1.807, 2.05) is 18.4 Å². The zero-order valence-corrected chi connectivity index (χ0v) is 15.8. The SMILES string of the molecule is CCNC(=NCc1ccc(S(N)(=O)=O)cc1)NCCn1cnnc1CC. The van der Waals surface area contributed by atoms with Crippen LogP contribution in [0.2, 0.25) is 0 Å². The molecule has 0 spiro atoms. The van der Waals surface area contributed by atoms with Crippen LogP contribution in [0.5, 0.6) is 0 Å². The normalized spacial score (nSPS) is 12.2. The molecule has 142 valence electrons. The number of rotatable bonds is 8. The van der Waals surface area contributed by atoms with Crippen molar-refractivity contribution in [2.45, 2.75) is 38.3 Å². The Kier molecular flexibility index (Phi) is 7.10. The third kappa shape index (κ3) is 5.81. The average Bonchev–Trinajstić information content (AvgIpc) is 3.07. The summed E-state index contributed by atoms with van der Waals surface area (Å²) in [7, 11) is -3.67. The Labute approximate surface area is 153 Å². The van der Waals surface area contributed by atoms with Crippen molar-refractivity contribution >= 4 is 16.0 Å². The van der Waals surface area contributed by atoms with Crippen molar-refractivity contribution in [3.8, 4) is 0 Å². The second kappa shape index (κ2) is 9.30. The third-order valence-corrected chi connectivity index (χ3v) is 4.60. The lowest BCUT2D eigenvalue weighted by Gasteiger charge is -2.12. The minimum atomic E-state index is -3.67. The summed E-state index contributed by atoms with van der Waals surface area (Å²) in [6.07, 6.45) is 2.56. The number of aliphatic imine (C=N–C) groups is 1. The molecule has 0 bridgehead atoms. The van der Waals surface area contributed by atoms with Crippen molar-refractivity contribution in [2.75, 3.05) is 13.1 Å². The van der Waals surface area contributed by atoms with E-state index in [4.69, 9.17) is 5.14 Å². The van der Waals surface area contributed by atoms with Gasteiger partial charge < -0.3 is 15.2 Å². The van der Waals surface area contributed by atoms with Crippen LogP contribution in [0.15, 0.2) is 40.5 Å². The first-order valence-electron chi connectivity index (χ1n) is 8.44. The van der Waals surface area contributed by atoms with Gasteiger partial charge in [0.15, 0.2) is 5.96 Å². The first-order valence-corrected chi connectivity index (χ1v) is 9.99. The van der Waals surface area contributed by atoms with Crippen LogP contribution in [-0.4, -0.2) is 42.2 Å². The maximum Gasteiger partial charge on any atom is 0.238 e. The predicted molar refractivity (Wildman–Crippen MR) is 100 cm³/mol. The van der Waals surface area contributed by atoms with Crippen LogP contribution in [0, 0.1) is 0 Å². The molecule has 1 aromatic heterocycles. The summed E-state index contributed by atoms with van der Waals surface area (Å²) in [5.41, 5.74) is 0.890. The Morgan fingerprint density at radius 1 is 1.23 bits per heavy atom. The van der Waals surface area contributed by atoms with Gasteiger partial charge in [-0.2, -0.15) is 0 Å². The molecule has 0 aliphatic carbocycles. The van der Waals surface area contributed by atoms with E-state index in [0.29, 0.717) is 19.0 Å². The largest absolute Gasteiger partial charge is 0.357 e. The summed E-state index contributed by atoms with van der Waals surface area (Å²) in [6.45, 7) is 6.62. The Bertz CT molecular complexity index is 829. The standard InChI is InChI=1S/C16H25N7O2S/c1-3-15-22-21-12-23(15)10-9-19-16(18-4-2)20-11-13-5-7-14(8-6-13)26(17,24)25/h5-8,12H,3-4,9-11H2,1-2H3,(H2,17,24,25)(H2,18,19,20). The van der Waals surface area contributed by atoms with Gasteiger partial charge in [0.1, 0.15) is 12.2 Å². The number of guanidine groups is 1. The van der Waals surface area contributed by atoms with E-state index >= 15 is 0 Å². The molecule has 0 aliphatic heterocycles. The second-order valence-corrected chi connectivity index (χ2v) is 7.17. The Hall–Kier alpha value is -2.46. The number of primary sulfonamides is 1. The van der Waals surface area contributed by atoms with Crippen molar-refractivity contribution < 1.29 is 8.42 Å². The number of aryl methyl sites for hydroxylation is 1. The molecule has 26 heavy (non-hydrogen) atoms. The summed E-state index contributed by atoms with van der Waals surface area (Å²) in [4.78, 5) is 4.60. The van der Waals surface area contributed by atoms with Gasteiger partial charge in [-0.15, -0.1) is 10.2 Å². The molecular weight excluding hydrogens is 354 g/mol. The number of nitrogens with two attached hydrogens (primary N) is 1. The second-order valence-electron chi connectivity index (χ2n) is 5.61. The molecule has 1 heterocycles. The molecule has 0 aliphatic rings. The molecular formula is C16H25N7O2S. The summed E-state index contributed by atoms with van der Waals surface area (Å²) >= 11 is 0. The molecule has 0 radical (unpaired) electrons. The topological polar surface area (TPSA) is 127 Å². The van der Waals surface area contributed by atoms with Crippen molar-refractivity contribution in [2.24, 2.45) is 10.1 Å². The first kappa shape index (κ1) is 19.9. The van der Waals surface area contributed by atoms with Gasteiger partial charge in [0, 0.05) is 26.1 Å². The molecule has 0 unspecified atom stereocenters. The zero-order valence-electron chi connectivity index (χ0n) is 15.0. The predicted octanol–water partition coefficient (Wildman–Crippen LogP) is 0.243. The molecule has 9 nitrogen and oxygen atoms in total. The van der Waals surface area contributed by atoms with Crippen molar-refractivity contribution in [1.82, 2.24) is 25.4 Å². The molecule has 4 N–H and O–H groups in total. The van der Waals surface area contributed by atoms with E-state index in [-0.39, 0.29) is 4.90 Å². The van der Waals surface area contributed by atoms with E-state index in [0.717, 1.165) is 30.9 Å². The Balaban J connectivity index is 1.93. The molecule has 2 rings (SSSR count). The van der Waals surface area contributed by atoms with Crippen LogP contribution >= 0.6 is 0 Å². The summed E-state index contributed by atoms with van der Waals surface area (Å²) in [5, 5.41) is 19.5. The molecule has 0 saturated carbocycles. The van der Waals surface area contributed by atoms with E-state index in [2.05, 4.69) is 25.8 Å². The fourth-order valence-corrected chi connectivity index (χ4v) is 2.85. The van der Waals surface area contributed by atoms with Crippen LogP contribution in [0.25, 0.3) is 0 Å². The molecule has 0 fully saturated rings. The van der Waals surface area contributed by atoms with Gasteiger partial charge in [0.2, 0.25) is 10.0 Å². The lowest BCUT2D eigenvalue weighted by Crippen LogP contribution is -2.38. The van der Waals surface area contributed by atoms with Crippen molar-refractivity contribution in [1.29, 1.82) is 0 Å². The van der Waals surface area contributed by atoms with Crippen LogP contribution in [0.1, 0.15) is 25.2 Å². The number of hydrogen-bond acceptors (Lipinski definition) is 5. The number of nitrogens with zero attached hydrogens (tertiary/aromatic N) is 4. The highest BCUT2D eigenvalue weighted by molar-refractivity contribution is 7.89. The van der Waals surface area contributed by atoms with Gasteiger partial charge in [0.25, 0.3) is 0 Å². The van der Waals surface area contributed by atoms with Crippen LogP contribution in [-0.2, 0) is 29.5 Å². The quantitative estimate of drug-likeness (QED) is 0.445. The molecule has 0 atom stereocenters. The molecule has 2 aromatic rings. The molecule has 0 saturated heterocycles. The van der Waals surface area contributed by atoms with Gasteiger partial charge in [-0.3, -0.25) is 0 Å². The smallest absolute Gasteiger partial charge is 0.238 e.